The van der Waals surface area contributed by atoms with E-state index in [0.29, 0.717) is 22.0 Å². The van der Waals surface area contributed by atoms with Gasteiger partial charge in [-0.1, -0.05) is 29.3 Å². The number of nitrogens with zero attached hydrogens (tertiary/aromatic N) is 3. The minimum atomic E-state index is -1.54. The van der Waals surface area contributed by atoms with Gasteiger partial charge in [0.2, 0.25) is 0 Å². The van der Waals surface area contributed by atoms with Gasteiger partial charge in [0.1, 0.15) is 18.1 Å². The van der Waals surface area contributed by atoms with Crippen LogP contribution < -0.4 is 0 Å². The van der Waals surface area contributed by atoms with Crippen molar-refractivity contribution in [1.29, 1.82) is 0 Å². The fourth-order valence-electron chi connectivity index (χ4n) is 4.34. The number of Topliss-reactive ketones (excluding diaryl/α,β-unsaturated/α-hetero) is 3. The van der Waals surface area contributed by atoms with Crippen LogP contribution in [0.25, 0.3) is 0 Å². The number of rotatable bonds is 3. The molecule has 0 N–H and O–H groups in total. The number of carbonyl (C=O) groups excluding carboxylic acids is 3. The first-order valence-corrected chi connectivity index (χ1v) is 9.05. The van der Waals surface area contributed by atoms with E-state index >= 15 is 0 Å². The quantitative estimate of drug-likeness (QED) is 0.751. The fourth-order valence-corrected chi connectivity index (χ4v) is 4.93. The van der Waals surface area contributed by atoms with Crippen LogP contribution in [-0.2, 0) is 26.3 Å². The van der Waals surface area contributed by atoms with E-state index in [1.54, 1.807) is 18.2 Å². The second kappa shape index (κ2) is 5.99. The Labute approximate surface area is 159 Å². The highest BCUT2D eigenvalue weighted by molar-refractivity contribution is 6.36. The highest BCUT2D eigenvalue weighted by Gasteiger charge is 2.66. The van der Waals surface area contributed by atoms with Crippen molar-refractivity contribution in [3.8, 4) is 0 Å². The summed E-state index contributed by atoms with van der Waals surface area (Å²) in [6.45, 7) is 0.162. The van der Waals surface area contributed by atoms with Crippen molar-refractivity contribution in [3.63, 3.8) is 0 Å². The maximum atomic E-state index is 13.6. The SMILES string of the molecule is O=C1CCC(=O)C12CCC(Cn1cncn1)(c1ccc(Cl)cc1Cl)C2=O. The van der Waals surface area contributed by atoms with Gasteiger partial charge in [-0.25, -0.2) is 4.98 Å². The molecule has 1 spiro atoms. The van der Waals surface area contributed by atoms with E-state index in [4.69, 9.17) is 23.2 Å². The largest absolute Gasteiger partial charge is 0.298 e. The third kappa shape index (κ3) is 2.28. The molecule has 0 radical (unpaired) electrons. The van der Waals surface area contributed by atoms with E-state index in [1.165, 1.54) is 17.3 Å². The van der Waals surface area contributed by atoms with Gasteiger partial charge in [-0.05, 0) is 30.5 Å². The Morgan fingerprint density at radius 1 is 1.08 bits per heavy atom. The molecule has 1 aromatic carbocycles. The predicted octanol–water partition coefficient (Wildman–Crippen LogP) is 2.80. The van der Waals surface area contributed by atoms with Gasteiger partial charge in [0.15, 0.2) is 17.3 Å². The van der Waals surface area contributed by atoms with Crippen molar-refractivity contribution < 1.29 is 14.4 Å². The van der Waals surface area contributed by atoms with Crippen LogP contribution in [0, 0.1) is 5.41 Å². The summed E-state index contributed by atoms with van der Waals surface area (Å²) in [4.78, 5) is 42.7. The van der Waals surface area contributed by atoms with Crippen LogP contribution in [0.2, 0.25) is 10.0 Å². The zero-order valence-electron chi connectivity index (χ0n) is 13.7. The van der Waals surface area contributed by atoms with Gasteiger partial charge in [0.05, 0.1) is 12.0 Å². The third-order valence-electron chi connectivity index (χ3n) is 5.63. The average Bonchev–Trinajstić information content (AvgIpc) is 3.28. The Hall–Kier alpha value is -2.05. The second-order valence-electron chi connectivity index (χ2n) is 6.88. The average molecular weight is 392 g/mol. The van der Waals surface area contributed by atoms with Crippen molar-refractivity contribution in [2.24, 2.45) is 5.41 Å². The molecule has 2 aromatic rings. The molecule has 8 heteroatoms. The highest BCUT2D eigenvalue weighted by Crippen LogP contribution is 2.54. The Morgan fingerprint density at radius 3 is 2.42 bits per heavy atom. The van der Waals surface area contributed by atoms with Gasteiger partial charge in [0.25, 0.3) is 0 Å². The molecule has 26 heavy (non-hydrogen) atoms. The highest BCUT2D eigenvalue weighted by atomic mass is 35.5. The Bertz CT molecular complexity index is 910. The van der Waals surface area contributed by atoms with Crippen LogP contribution in [0.4, 0.5) is 0 Å². The molecule has 2 aliphatic rings. The molecular weight excluding hydrogens is 377 g/mol. The Morgan fingerprint density at radius 2 is 1.81 bits per heavy atom. The summed E-state index contributed by atoms with van der Waals surface area (Å²) in [5.41, 5.74) is -2.09. The summed E-state index contributed by atoms with van der Waals surface area (Å²) in [6, 6.07) is 4.92. The lowest BCUT2D eigenvalue weighted by Gasteiger charge is -2.31. The molecule has 6 nitrogen and oxygen atoms in total. The number of ketones is 3. The van der Waals surface area contributed by atoms with E-state index in [-0.39, 0.29) is 43.2 Å². The van der Waals surface area contributed by atoms with Crippen molar-refractivity contribution in [2.45, 2.75) is 37.6 Å². The van der Waals surface area contributed by atoms with Gasteiger partial charge in [-0.3, -0.25) is 19.1 Å². The maximum absolute atomic E-state index is 13.6. The molecular formula is C18H15Cl2N3O3. The zero-order chi connectivity index (χ0) is 18.5. The number of hydrogen-bond donors (Lipinski definition) is 0. The summed E-state index contributed by atoms with van der Waals surface area (Å²) < 4.78 is 1.53. The van der Waals surface area contributed by atoms with Gasteiger partial charge in [-0.15, -0.1) is 0 Å². The van der Waals surface area contributed by atoms with Crippen LogP contribution >= 0.6 is 23.2 Å². The normalized spacial score (nSPS) is 24.8. The first kappa shape index (κ1) is 17.4. The van der Waals surface area contributed by atoms with Gasteiger partial charge >= 0.3 is 0 Å². The van der Waals surface area contributed by atoms with Gasteiger partial charge in [-0.2, -0.15) is 5.10 Å². The van der Waals surface area contributed by atoms with Crippen molar-refractivity contribution >= 4 is 40.6 Å². The van der Waals surface area contributed by atoms with Crippen LogP contribution in [0.1, 0.15) is 31.2 Å². The number of hydrogen-bond acceptors (Lipinski definition) is 5. The molecule has 1 unspecified atom stereocenters. The van der Waals surface area contributed by atoms with E-state index in [2.05, 4.69) is 10.1 Å². The molecule has 0 bridgehead atoms. The summed E-state index contributed by atoms with van der Waals surface area (Å²) in [5.74, 6) is -0.937. The number of benzene rings is 1. The lowest BCUT2D eigenvalue weighted by atomic mass is 9.72. The Balaban J connectivity index is 1.89. The first-order chi connectivity index (χ1) is 12.4. The molecule has 2 fully saturated rings. The van der Waals surface area contributed by atoms with Crippen LogP contribution in [0.5, 0.6) is 0 Å². The summed E-state index contributed by atoms with van der Waals surface area (Å²) >= 11 is 12.4. The fraction of sp³-hybridized carbons (Fsp3) is 0.389. The molecule has 1 atom stereocenters. The molecule has 2 saturated carbocycles. The van der Waals surface area contributed by atoms with Crippen LogP contribution in [0.3, 0.4) is 0 Å². The summed E-state index contributed by atoms with van der Waals surface area (Å²) in [7, 11) is 0. The van der Waals surface area contributed by atoms with Crippen LogP contribution in [0.15, 0.2) is 30.9 Å². The molecule has 4 rings (SSSR count). The number of aromatic nitrogens is 3. The summed E-state index contributed by atoms with van der Waals surface area (Å²) in [5, 5.41) is 4.88. The van der Waals surface area contributed by atoms with E-state index < -0.39 is 10.8 Å². The van der Waals surface area contributed by atoms with Crippen LogP contribution in [-0.4, -0.2) is 32.1 Å². The van der Waals surface area contributed by atoms with Gasteiger partial charge < -0.3 is 0 Å². The Kier molecular flexibility index (Phi) is 4.00. The standard InChI is InChI=1S/C18H15Cl2N3O3/c19-11-1-2-12(13(20)7-11)17(8-23-10-21-9-22-23)5-6-18(16(17)26)14(24)3-4-15(18)25/h1-2,7,9-10H,3-6,8H2. The number of halogens is 2. The summed E-state index contributed by atoms with van der Waals surface area (Å²) in [6.07, 6.45) is 3.67. The first-order valence-electron chi connectivity index (χ1n) is 8.30. The zero-order valence-corrected chi connectivity index (χ0v) is 15.3. The molecule has 0 saturated heterocycles. The van der Waals surface area contributed by atoms with Crippen molar-refractivity contribution in [1.82, 2.24) is 14.8 Å². The lowest BCUT2D eigenvalue weighted by Crippen LogP contribution is -2.46. The molecule has 0 amide bonds. The minimum Gasteiger partial charge on any atom is -0.298 e. The molecule has 0 aliphatic heterocycles. The third-order valence-corrected chi connectivity index (χ3v) is 6.17. The van der Waals surface area contributed by atoms with E-state index in [0.717, 1.165) is 0 Å². The van der Waals surface area contributed by atoms with E-state index in [1.807, 2.05) is 0 Å². The molecule has 134 valence electrons. The smallest absolute Gasteiger partial charge is 0.166 e. The van der Waals surface area contributed by atoms with E-state index in [9.17, 15) is 14.4 Å². The second-order valence-corrected chi connectivity index (χ2v) is 7.72. The minimum absolute atomic E-state index is 0.123. The monoisotopic (exact) mass is 391 g/mol. The predicted molar refractivity (Wildman–Crippen MR) is 94.1 cm³/mol. The van der Waals surface area contributed by atoms with Gasteiger partial charge in [0, 0.05) is 22.9 Å². The number of carbonyl (C=O) groups is 3. The topological polar surface area (TPSA) is 81.9 Å². The maximum Gasteiger partial charge on any atom is 0.166 e. The molecule has 1 aromatic heterocycles. The molecule has 2 aliphatic carbocycles. The molecule has 1 heterocycles. The lowest BCUT2D eigenvalue weighted by molar-refractivity contribution is -0.144. The van der Waals surface area contributed by atoms with Crippen molar-refractivity contribution in [3.05, 3.63) is 46.5 Å². The van der Waals surface area contributed by atoms with Crippen molar-refractivity contribution in [2.75, 3.05) is 0 Å².